The first-order chi connectivity index (χ1) is 8.94. The van der Waals surface area contributed by atoms with Gasteiger partial charge in [-0.1, -0.05) is 12.1 Å². The van der Waals surface area contributed by atoms with Crippen molar-refractivity contribution in [2.24, 2.45) is 0 Å². The van der Waals surface area contributed by atoms with Crippen molar-refractivity contribution in [3.63, 3.8) is 0 Å². The summed E-state index contributed by atoms with van der Waals surface area (Å²) in [5, 5.41) is 0. The van der Waals surface area contributed by atoms with Gasteiger partial charge in [-0.25, -0.2) is 17.6 Å². The average molecular weight is 311 g/mol. The van der Waals surface area contributed by atoms with Crippen LogP contribution in [0, 0.1) is 11.6 Å². The summed E-state index contributed by atoms with van der Waals surface area (Å²) in [5.41, 5.74) is -0.546. The van der Waals surface area contributed by atoms with Crippen LogP contribution < -0.4 is 4.72 Å². The molecule has 1 aromatic carbocycles. The van der Waals surface area contributed by atoms with Crippen LogP contribution in [0.2, 0.25) is 0 Å². The minimum Gasteiger partial charge on any atom is -0.598 e. The lowest BCUT2D eigenvalue weighted by molar-refractivity contribution is -0.0133. The summed E-state index contributed by atoms with van der Waals surface area (Å²) >= 11 is -1.85. The van der Waals surface area contributed by atoms with Gasteiger partial charge in [-0.05, 0) is 26.8 Å². The number of alkyl halides is 2. The highest BCUT2D eigenvalue weighted by molar-refractivity contribution is 7.90. The zero-order valence-electron chi connectivity index (χ0n) is 11.6. The van der Waals surface area contributed by atoms with Crippen LogP contribution in [0.3, 0.4) is 0 Å². The molecule has 0 heterocycles. The summed E-state index contributed by atoms with van der Waals surface area (Å²) < 4.78 is 67.5. The van der Waals surface area contributed by atoms with Crippen molar-refractivity contribution in [1.82, 2.24) is 4.72 Å². The van der Waals surface area contributed by atoms with E-state index >= 15 is 0 Å². The largest absolute Gasteiger partial charge is 0.598 e. The quantitative estimate of drug-likeness (QED) is 0.679. The van der Waals surface area contributed by atoms with Crippen molar-refractivity contribution in [3.05, 3.63) is 35.4 Å². The molecule has 0 radical (unpaired) electrons. The highest BCUT2D eigenvalue weighted by atomic mass is 32.2. The van der Waals surface area contributed by atoms with Gasteiger partial charge < -0.3 is 4.55 Å². The molecule has 0 spiro atoms. The summed E-state index contributed by atoms with van der Waals surface area (Å²) in [6.45, 7) is 5.32. The Bertz CT molecular complexity index is 470. The number of nitrogens with one attached hydrogen (secondary N) is 1. The Morgan fingerprint density at radius 2 is 1.70 bits per heavy atom. The normalized spacial score (nSPS) is 16.1. The molecule has 0 aliphatic carbocycles. The van der Waals surface area contributed by atoms with Crippen molar-refractivity contribution in [2.45, 2.75) is 44.4 Å². The molecule has 0 amide bonds. The van der Waals surface area contributed by atoms with Gasteiger partial charge in [0.05, 0.1) is 0 Å². The molecule has 1 rings (SSSR count). The predicted octanol–water partition coefficient (Wildman–Crippen LogP) is 3.71. The molecule has 1 unspecified atom stereocenters. The Hall–Kier alpha value is -0.790. The van der Waals surface area contributed by atoms with E-state index in [4.69, 9.17) is 0 Å². The van der Waals surface area contributed by atoms with Gasteiger partial charge in [-0.15, -0.1) is 4.72 Å². The Kier molecular flexibility index (Phi) is 5.10. The predicted molar refractivity (Wildman–Crippen MR) is 70.8 cm³/mol. The van der Waals surface area contributed by atoms with Gasteiger partial charge in [-0.2, -0.15) is 0 Å². The van der Waals surface area contributed by atoms with Crippen molar-refractivity contribution in [1.29, 1.82) is 0 Å². The van der Waals surface area contributed by atoms with E-state index in [9.17, 15) is 22.1 Å². The Balaban J connectivity index is 3.18. The first-order valence-electron chi connectivity index (χ1n) is 5.94. The lowest BCUT2D eigenvalue weighted by atomic mass is 10.0. The average Bonchev–Trinajstić information content (AvgIpc) is 2.27. The van der Waals surface area contributed by atoms with Crippen molar-refractivity contribution in [2.75, 3.05) is 0 Å². The molecule has 0 fully saturated rings. The molecule has 114 valence electrons. The number of benzene rings is 1. The van der Waals surface area contributed by atoms with Crippen LogP contribution in [-0.4, -0.2) is 15.2 Å². The van der Waals surface area contributed by atoms with Gasteiger partial charge in [-0.3, -0.25) is 0 Å². The van der Waals surface area contributed by atoms with E-state index in [0.29, 0.717) is 6.92 Å². The van der Waals surface area contributed by atoms with Gasteiger partial charge in [0.15, 0.2) is 11.6 Å². The van der Waals surface area contributed by atoms with Gasteiger partial charge in [0, 0.05) is 23.8 Å². The monoisotopic (exact) mass is 311 g/mol. The zero-order valence-corrected chi connectivity index (χ0v) is 12.5. The maximum Gasteiger partial charge on any atom is 0.268 e. The molecule has 20 heavy (non-hydrogen) atoms. The summed E-state index contributed by atoms with van der Waals surface area (Å²) in [4.78, 5) is 0. The fourth-order valence-electron chi connectivity index (χ4n) is 1.47. The zero-order chi connectivity index (χ0) is 15.7. The number of rotatable bonds is 4. The lowest BCUT2D eigenvalue weighted by Crippen LogP contribution is -2.46. The van der Waals surface area contributed by atoms with Gasteiger partial charge >= 0.3 is 0 Å². The number of halogens is 4. The van der Waals surface area contributed by atoms with Crippen LogP contribution in [-0.2, 0) is 11.4 Å². The molecule has 0 bridgehead atoms. The standard InChI is InChI=1S/C13H17F4NOS/c1-12(2,3)20(19)18-11(13(4,16)17)8-6-5-7-9(14)10(8)15/h5-7,11,18H,1-4H3/t11?,20-/m0/s1. The molecule has 2 nitrogen and oxygen atoms in total. The highest BCUT2D eigenvalue weighted by Crippen LogP contribution is 2.34. The second-order valence-electron chi connectivity index (χ2n) is 5.53. The van der Waals surface area contributed by atoms with E-state index in [2.05, 4.69) is 4.72 Å². The van der Waals surface area contributed by atoms with Gasteiger partial charge in [0.1, 0.15) is 10.8 Å². The summed E-state index contributed by atoms with van der Waals surface area (Å²) in [7, 11) is 0. The van der Waals surface area contributed by atoms with E-state index in [1.807, 2.05) is 0 Å². The number of hydrogen-bond donors (Lipinski definition) is 1. The van der Waals surface area contributed by atoms with E-state index in [1.54, 1.807) is 20.8 Å². The third-order valence-electron chi connectivity index (χ3n) is 2.58. The molecule has 0 saturated heterocycles. The first kappa shape index (κ1) is 17.3. The maximum atomic E-state index is 13.7. The molecule has 0 aliphatic heterocycles. The smallest absolute Gasteiger partial charge is 0.268 e. The Morgan fingerprint density at radius 3 is 2.15 bits per heavy atom. The van der Waals surface area contributed by atoms with E-state index in [0.717, 1.165) is 18.2 Å². The van der Waals surface area contributed by atoms with Gasteiger partial charge in [0.25, 0.3) is 5.92 Å². The molecule has 0 aliphatic rings. The van der Waals surface area contributed by atoms with E-state index in [1.165, 1.54) is 0 Å². The van der Waals surface area contributed by atoms with Crippen molar-refractivity contribution in [3.8, 4) is 0 Å². The maximum absolute atomic E-state index is 13.7. The SMILES string of the molecule is CC(F)(F)C(N[S@@+]([O-])C(C)(C)C)c1cccc(F)c1F. The molecule has 0 saturated carbocycles. The van der Waals surface area contributed by atoms with Gasteiger partial charge in [0.2, 0.25) is 0 Å². The molecule has 2 atom stereocenters. The fraction of sp³-hybridized carbons (Fsp3) is 0.538. The van der Waals surface area contributed by atoms with Crippen LogP contribution in [0.4, 0.5) is 17.6 Å². The topological polar surface area (TPSA) is 35.1 Å². The molecule has 0 aromatic heterocycles. The summed E-state index contributed by atoms with van der Waals surface area (Å²) in [6.07, 6.45) is 0. The Morgan fingerprint density at radius 1 is 1.15 bits per heavy atom. The molecule has 1 aromatic rings. The first-order valence-corrected chi connectivity index (χ1v) is 7.09. The van der Waals surface area contributed by atoms with Crippen molar-refractivity contribution >= 4 is 11.4 Å². The molecular weight excluding hydrogens is 294 g/mol. The second kappa shape index (κ2) is 5.91. The van der Waals surface area contributed by atoms with Crippen LogP contribution in [0.1, 0.15) is 39.3 Å². The summed E-state index contributed by atoms with van der Waals surface area (Å²) in [5.74, 6) is -5.99. The van der Waals surface area contributed by atoms with Crippen LogP contribution >= 0.6 is 0 Å². The third kappa shape index (κ3) is 4.10. The second-order valence-corrected chi connectivity index (χ2v) is 7.53. The third-order valence-corrected chi connectivity index (χ3v) is 4.14. The van der Waals surface area contributed by atoms with Crippen LogP contribution in [0.5, 0.6) is 0 Å². The van der Waals surface area contributed by atoms with Crippen LogP contribution in [0.25, 0.3) is 0 Å². The summed E-state index contributed by atoms with van der Waals surface area (Å²) in [6, 6.07) is 1.14. The van der Waals surface area contributed by atoms with Crippen molar-refractivity contribution < 1.29 is 22.1 Å². The highest BCUT2D eigenvalue weighted by Gasteiger charge is 2.43. The molecule has 7 heteroatoms. The minimum atomic E-state index is -3.41. The van der Waals surface area contributed by atoms with E-state index in [-0.39, 0.29) is 0 Å². The number of hydrogen-bond acceptors (Lipinski definition) is 2. The fourth-order valence-corrected chi connectivity index (χ4v) is 2.37. The van der Waals surface area contributed by atoms with E-state index < -0.39 is 45.3 Å². The Labute approximate surface area is 118 Å². The molecular formula is C13H17F4NOS. The lowest BCUT2D eigenvalue weighted by Gasteiger charge is -2.30. The minimum absolute atomic E-state index is 0.546. The molecule has 1 N–H and O–H groups in total. The van der Waals surface area contributed by atoms with Crippen LogP contribution in [0.15, 0.2) is 18.2 Å².